The van der Waals surface area contributed by atoms with Crippen molar-refractivity contribution < 1.29 is 43.4 Å². The molecule has 0 aliphatic rings. The van der Waals surface area contributed by atoms with Crippen LogP contribution in [0.25, 0.3) is 0 Å². The molecule has 0 bridgehead atoms. The molecule has 10 heteroatoms. The van der Waals surface area contributed by atoms with E-state index in [4.69, 9.17) is 14.9 Å². The molecule has 0 spiro atoms. The predicted octanol–water partition coefficient (Wildman–Crippen LogP) is -1.48. The second-order valence-corrected chi connectivity index (χ2v) is 4.28. The molecule has 0 heterocycles. The Labute approximate surface area is 96.2 Å². The van der Waals surface area contributed by atoms with E-state index < -0.39 is 44.8 Å². The number of hydrogen-bond donors (Lipinski definition) is 4. The molecule has 2 unspecified atom stereocenters. The second kappa shape index (κ2) is 6.80. The Bertz CT molecular complexity index is 321. The Hall–Kier alpha value is -0.830. The molecule has 4 N–H and O–H groups in total. The zero-order chi connectivity index (χ0) is 13.6. The van der Waals surface area contributed by atoms with Gasteiger partial charge in [-0.3, -0.25) is 9.32 Å². The van der Waals surface area contributed by atoms with Gasteiger partial charge in [-0.25, -0.2) is 9.36 Å². The quantitative estimate of drug-likeness (QED) is 0.306. The smallest absolute Gasteiger partial charge is 0.470 e. The van der Waals surface area contributed by atoms with E-state index in [1.807, 2.05) is 0 Å². The van der Waals surface area contributed by atoms with Crippen molar-refractivity contribution >= 4 is 19.6 Å². The molecule has 0 aromatic rings. The average molecular weight is 272 g/mol. The van der Waals surface area contributed by atoms with Gasteiger partial charge in [-0.15, -0.1) is 0 Å². The number of phosphoric ester groups is 1. The minimum absolute atomic E-state index is 0.404. The van der Waals surface area contributed by atoms with E-state index in [1.165, 1.54) is 7.11 Å². The number of Topliss-reactive ketones (excluding diaryl/α,β-unsaturated/α-hetero) is 1. The number of carboxylic acid groups (broad SMARTS) is 1. The van der Waals surface area contributed by atoms with Crippen LogP contribution in [0.4, 0.5) is 0 Å². The standard InChI is InChI=1S/C7H13O9P/c1-15-3-6(16-17(12,13)14)4(8)2-5(9)7(10)11/h4,6,8H,2-3H2,1H3,(H,10,11)(H2,12,13,14). The van der Waals surface area contributed by atoms with Crippen molar-refractivity contribution in [1.29, 1.82) is 0 Å². The maximum atomic E-state index is 10.8. The molecule has 0 radical (unpaired) electrons. The molecule has 100 valence electrons. The number of hydrogen-bond acceptors (Lipinski definition) is 6. The molecular weight excluding hydrogens is 259 g/mol. The number of rotatable bonds is 8. The molecule has 0 saturated carbocycles. The van der Waals surface area contributed by atoms with Crippen LogP contribution in [0.2, 0.25) is 0 Å². The highest BCUT2D eigenvalue weighted by Gasteiger charge is 2.31. The van der Waals surface area contributed by atoms with Crippen LogP contribution < -0.4 is 0 Å². The Kier molecular flexibility index (Phi) is 6.46. The van der Waals surface area contributed by atoms with Crippen molar-refractivity contribution in [1.82, 2.24) is 0 Å². The molecule has 0 rings (SSSR count). The van der Waals surface area contributed by atoms with Crippen molar-refractivity contribution in [3.63, 3.8) is 0 Å². The minimum Gasteiger partial charge on any atom is -0.475 e. The summed E-state index contributed by atoms with van der Waals surface area (Å²) in [6, 6.07) is 0. The van der Waals surface area contributed by atoms with Crippen molar-refractivity contribution in [3.8, 4) is 0 Å². The molecular formula is C7H13O9P. The van der Waals surface area contributed by atoms with E-state index in [-0.39, 0.29) is 0 Å². The second-order valence-electron chi connectivity index (χ2n) is 3.09. The summed E-state index contributed by atoms with van der Waals surface area (Å²) in [7, 11) is -3.69. The molecule has 0 fully saturated rings. The van der Waals surface area contributed by atoms with Crippen LogP contribution in [-0.4, -0.2) is 57.7 Å². The highest BCUT2D eigenvalue weighted by Crippen LogP contribution is 2.38. The van der Waals surface area contributed by atoms with Gasteiger partial charge in [0.25, 0.3) is 0 Å². The number of aliphatic hydroxyl groups is 1. The van der Waals surface area contributed by atoms with Gasteiger partial charge < -0.3 is 24.7 Å². The van der Waals surface area contributed by atoms with Crippen LogP contribution >= 0.6 is 7.82 Å². The molecule has 2 atom stereocenters. The zero-order valence-corrected chi connectivity index (χ0v) is 9.74. The fourth-order valence-corrected chi connectivity index (χ4v) is 1.52. The molecule has 0 aromatic heterocycles. The summed E-state index contributed by atoms with van der Waals surface area (Å²) in [5, 5.41) is 17.7. The number of phosphoric acid groups is 1. The number of aliphatic carboxylic acids is 1. The van der Waals surface area contributed by atoms with Crippen LogP contribution in [0.5, 0.6) is 0 Å². The molecule has 17 heavy (non-hydrogen) atoms. The number of ketones is 1. The van der Waals surface area contributed by atoms with Gasteiger partial charge in [0.1, 0.15) is 6.10 Å². The highest BCUT2D eigenvalue weighted by molar-refractivity contribution is 7.46. The van der Waals surface area contributed by atoms with Gasteiger partial charge in [0.15, 0.2) is 0 Å². The Morgan fingerprint density at radius 3 is 2.24 bits per heavy atom. The van der Waals surface area contributed by atoms with Crippen molar-refractivity contribution in [2.45, 2.75) is 18.6 Å². The van der Waals surface area contributed by atoms with Crippen LogP contribution in [-0.2, 0) is 23.4 Å². The molecule has 0 aliphatic heterocycles. The van der Waals surface area contributed by atoms with E-state index in [9.17, 15) is 19.3 Å². The Balaban J connectivity index is 4.54. The normalized spacial score (nSPS) is 15.3. The first-order valence-corrected chi connectivity index (χ1v) is 5.87. The van der Waals surface area contributed by atoms with Gasteiger partial charge in [0.2, 0.25) is 5.78 Å². The zero-order valence-electron chi connectivity index (χ0n) is 8.85. The van der Waals surface area contributed by atoms with Crippen LogP contribution in [0.15, 0.2) is 0 Å². The molecule has 0 saturated heterocycles. The summed E-state index contributed by atoms with van der Waals surface area (Å²) < 4.78 is 19.2. The Morgan fingerprint density at radius 1 is 1.35 bits per heavy atom. The van der Waals surface area contributed by atoms with Crippen molar-refractivity contribution in [2.75, 3.05) is 13.7 Å². The average Bonchev–Trinajstić information content (AvgIpc) is 2.14. The van der Waals surface area contributed by atoms with Gasteiger partial charge in [-0.1, -0.05) is 0 Å². The molecule has 9 nitrogen and oxygen atoms in total. The van der Waals surface area contributed by atoms with Gasteiger partial charge >= 0.3 is 13.8 Å². The molecule has 0 aromatic carbocycles. The lowest BCUT2D eigenvalue weighted by Gasteiger charge is -2.21. The number of carbonyl (C=O) groups is 2. The van der Waals surface area contributed by atoms with Crippen LogP contribution in [0.3, 0.4) is 0 Å². The van der Waals surface area contributed by atoms with E-state index in [2.05, 4.69) is 9.26 Å². The maximum absolute atomic E-state index is 10.8. The van der Waals surface area contributed by atoms with Crippen LogP contribution in [0.1, 0.15) is 6.42 Å². The molecule has 0 aliphatic carbocycles. The SMILES string of the molecule is COCC(OP(=O)(O)O)C(O)CC(=O)C(=O)O. The fourth-order valence-electron chi connectivity index (χ4n) is 0.961. The van der Waals surface area contributed by atoms with Gasteiger partial charge in [-0.05, 0) is 0 Å². The summed E-state index contributed by atoms with van der Waals surface area (Å²) >= 11 is 0. The van der Waals surface area contributed by atoms with Crippen molar-refractivity contribution in [2.24, 2.45) is 0 Å². The van der Waals surface area contributed by atoms with Gasteiger partial charge in [-0.2, -0.15) is 0 Å². The lowest BCUT2D eigenvalue weighted by molar-refractivity contribution is -0.150. The summed E-state index contributed by atoms with van der Waals surface area (Å²) in [5.41, 5.74) is 0. The van der Waals surface area contributed by atoms with E-state index >= 15 is 0 Å². The van der Waals surface area contributed by atoms with Crippen LogP contribution in [0, 0.1) is 0 Å². The third kappa shape index (κ3) is 7.16. The van der Waals surface area contributed by atoms with E-state index in [1.54, 1.807) is 0 Å². The third-order valence-electron chi connectivity index (χ3n) is 1.67. The summed E-state index contributed by atoms with van der Waals surface area (Å²) in [5.74, 6) is -3.05. The minimum atomic E-state index is -4.87. The lowest BCUT2D eigenvalue weighted by Crippen LogP contribution is -2.35. The third-order valence-corrected chi connectivity index (χ3v) is 2.21. The maximum Gasteiger partial charge on any atom is 0.470 e. The summed E-state index contributed by atoms with van der Waals surface area (Å²) in [6.45, 7) is -0.404. The Morgan fingerprint density at radius 2 is 1.88 bits per heavy atom. The summed E-state index contributed by atoms with van der Waals surface area (Å²) in [4.78, 5) is 38.0. The topological polar surface area (TPSA) is 151 Å². The monoisotopic (exact) mass is 272 g/mol. The first-order chi connectivity index (χ1) is 7.67. The van der Waals surface area contributed by atoms with Gasteiger partial charge in [0.05, 0.1) is 12.7 Å². The van der Waals surface area contributed by atoms with E-state index in [0.717, 1.165) is 0 Å². The first-order valence-electron chi connectivity index (χ1n) is 4.34. The van der Waals surface area contributed by atoms with E-state index in [0.29, 0.717) is 0 Å². The fraction of sp³-hybridized carbons (Fsp3) is 0.714. The number of methoxy groups -OCH3 is 1. The van der Waals surface area contributed by atoms with Gasteiger partial charge in [0, 0.05) is 13.5 Å². The van der Waals surface area contributed by atoms with Crippen molar-refractivity contribution in [3.05, 3.63) is 0 Å². The number of carboxylic acids is 1. The molecule has 0 amide bonds. The first kappa shape index (κ1) is 16.2. The highest BCUT2D eigenvalue weighted by atomic mass is 31.2. The number of aliphatic hydroxyl groups excluding tert-OH is 1. The predicted molar refractivity (Wildman–Crippen MR) is 52.1 cm³/mol. The number of ether oxygens (including phenoxy) is 1. The summed E-state index contributed by atoms with van der Waals surface area (Å²) in [6.07, 6.45) is -4.01. The number of carbonyl (C=O) groups excluding carboxylic acids is 1. The lowest BCUT2D eigenvalue weighted by atomic mass is 10.1. The largest absolute Gasteiger partial charge is 0.475 e.